The van der Waals surface area contributed by atoms with Gasteiger partial charge in [0.25, 0.3) is 0 Å². The number of benzene rings is 1. The first-order valence-corrected chi connectivity index (χ1v) is 8.35. The monoisotopic (exact) mass is 320 g/mol. The van der Waals surface area contributed by atoms with E-state index in [2.05, 4.69) is 4.98 Å². The molecule has 1 aromatic heterocycles. The Morgan fingerprint density at radius 1 is 1.36 bits per heavy atom. The Morgan fingerprint density at radius 2 is 2.05 bits per heavy atom. The molecule has 1 aromatic carbocycles. The number of carbonyl (C=O) groups excluding carboxylic acids is 1. The first-order valence-electron chi connectivity index (χ1n) is 7.47. The summed E-state index contributed by atoms with van der Waals surface area (Å²) in [5, 5.41) is 3.02. The Hall–Kier alpha value is -1.75. The highest BCUT2D eigenvalue weighted by molar-refractivity contribution is 7.09. The standard InChI is InChI=1S/C17H21FN2OS/c1-4-20(12(2)14-5-7-15(18)8-6-14)17(21)10-9-16-11-22-13(3)19-16/h5-8,11-12H,4,9-10H2,1-3H3. The summed E-state index contributed by atoms with van der Waals surface area (Å²) in [5.74, 6) is -0.158. The van der Waals surface area contributed by atoms with Crippen molar-refractivity contribution in [3.63, 3.8) is 0 Å². The molecule has 0 radical (unpaired) electrons. The molecule has 2 rings (SSSR count). The maximum absolute atomic E-state index is 13.0. The van der Waals surface area contributed by atoms with Gasteiger partial charge in [-0.3, -0.25) is 4.79 Å². The number of hydrogen-bond acceptors (Lipinski definition) is 3. The molecule has 22 heavy (non-hydrogen) atoms. The number of nitrogens with zero attached hydrogens (tertiary/aromatic N) is 2. The topological polar surface area (TPSA) is 33.2 Å². The maximum Gasteiger partial charge on any atom is 0.223 e. The molecule has 1 unspecified atom stereocenters. The number of amides is 1. The lowest BCUT2D eigenvalue weighted by Crippen LogP contribution is -2.33. The van der Waals surface area contributed by atoms with Crippen LogP contribution in [0.1, 0.15) is 42.6 Å². The van der Waals surface area contributed by atoms with Crippen LogP contribution in [0.25, 0.3) is 0 Å². The quantitative estimate of drug-likeness (QED) is 0.801. The Labute approximate surface area is 134 Å². The van der Waals surface area contributed by atoms with Gasteiger partial charge in [-0.2, -0.15) is 0 Å². The van der Waals surface area contributed by atoms with Crippen LogP contribution in [0.5, 0.6) is 0 Å². The van der Waals surface area contributed by atoms with E-state index < -0.39 is 0 Å². The summed E-state index contributed by atoms with van der Waals surface area (Å²) >= 11 is 1.60. The number of thiazole rings is 1. The van der Waals surface area contributed by atoms with Crippen molar-refractivity contribution in [2.75, 3.05) is 6.54 Å². The first kappa shape index (κ1) is 16.6. The van der Waals surface area contributed by atoms with E-state index in [-0.39, 0.29) is 17.8 Å². The van der Waals surface area contributed by atoms with Crippen LogP contribution in [-0.4, -0.2) is 22.3 Å². The highest BCUT2D eigenvalue weighted by Crippen LogP contribution is 2.21. The molecular formula is C17H21FN2OS. The molecule has 0 saturated heterocycles. The number of rotatable bonds is 6. The number of hydrogen-bond donors (Lipinski definition) is 0. The van der Waals surface area contributed by atoms with Gasteiger partial charge in [-0.15, -0.1) is 11.3 Å². The maximum atomic E-state index is 13.0. The van der Waals surface area contributed by atoms with E-state index >= 15 is 0 Å². The SMILES string of the molecule is CCN(C(=O)CCc1csc(C)n1)C(C)c1ccc(F)cc1. The third kappa shape index (κ3) is 4.13. The van der Waals surface area contributed by atoms with Gasteiger partial charge in [-0.1, -0.05) is 12.1 Å². The molecule has 0 spiro atoms. The van der Waals surface area contributed by atoms with E-state index in [1.165, 1.54) is 12.1 Å². The summed E-state index contributed by atoms with van der Waals surface area (Å²) in [7, 11) is 0. The van der Waals surface area contributed by atoms with Gasteiger partial charge in [0, 0.05) is 18.3 Å². The summed E-state index contributed by atoms with van der Waals surface area (Å²) in [6.07, 6.45) is 1.11. The van der Waals surface area contributed by atoms with Crippen molar-refractivity contribution in [3.8, 4) is 0 Å². The minimum Gasteiger partial charge on any atom is -0.336 e. The molecule has 0 saturated carbocycles. The van der Waals surface area contributed by atoms with Crippen LogP contribution in [0.15, 0.2) is 29.6 Å². The van der Waals surface area contributed by atoms with E-state index in [4.69, 9.17) is 0 Å². The molecule has 2 aromatic rings. The van der Waals surface area contributed by atoms with Crippen molar-refractivity contribution in [2.45, 2.75) is 39.7 Å². The van der Waals surface area contributed by atoms with Crippen LogP contribution in [0.2, 0.25) is 0 Å². The molecule has 5 heteroatoms. The third-order valence-electron chi connectivity index (χ3n) is 3.74. The van der Waals surface area contributed by atoms with Crippen LogP contribution in [0.3, 0.4) is 0 Å². The van der Waals surface area contributed by atoms with E-state index in [1.54, 1.807) is 23.5 Å². The van der Waals surface area contributed by atoms with Gasteiger partial charge in [0.05, 0.1) is 16.7 Å². The van der Waals surface area contributed by atoms with Crippen molar-refractivity contribution < 1.29 is 9.18 Å². The molecule has 0 aliphatic rings. The molecular weight excluding hydrogens is 299 g/mol. The summed E-state index contributed by atoms with van der Waals surface area (Å²) in [6, 6.07) is 6.28. The van der Waals surface area contributed by atoms with Crippen LogP contribution in [0, 0.1) is 12.7 Å². The molecule has 1 atom stereocenters. The van der Waals surface area contributed by atoms with Crippen molar-refractivity contribution in [3.05, 3.63) is 51.7 Å². The average Bonchev–Trinajstić information content (AvgIpc) is 2.92. The zero-order chi connectivity index (χ0) is 16.1. The third-order valence-corrected chi connectivity index (χ3v) is 4.56. The minimum absolute atomic E-state index is 0.0599. The average molecular weight is 320 g/mol. The van der Waals surface area contributed by atoms with E-state index in [0.717, 1.165) is 16.3 Å². The van der Waals surface area contributed by atoms with Crippen molar-refractivity contribution >= 4 is 17.2 Å². The Kier molecular flexibility index (Phi) is 5.66. The molecule has 0 aliphatic carbocycles. The summed E-state index contributed by atoms with van der Waals surface area (Å²) in [4.78, 5) is 18.7. The lowest BCUT2D eigenvalue weighted by molar-refractivity contribution is -0.133. The van der Waals surface area contributed by atoms with E-state index in [0.29, 0.717) is 19.4 Å². The fourth-order valence-corrected chi connectivity index (χ4v) is 3.14. The Balaban J connectivity index is 2.00. The molecule has 118 valence electrons. The second-order valence-electron chi connectivity index (χ2n) is 5.27. The highest BCUT2D eigenvalue weighted by Gasteiger charge is 2.20. The van der Waals surface area contributed by atoms with Crippen molar-refractivity contribution in [2.24, 2.45) is 0 Å². The number of halogens is 1. The van der Waals surface area contributed by atoms with Crippen LogP contribution >= 0.6 is 11.3 Å². The largest absolute Gasteiger partial charge is 0.336 e. The first-order chi connectivity index (χ1) is 10.5. The summed E-state index contributed by atoms with van der Waals surface area (Å²) < 4.78 is 13.0. The zero-order valence-corrected chi connectivity index (χ0v) is 14.0. The normalized spacial score (nSPS) is 12.2. The molecule has 0 N–H and O–H groups in total. The van der Waals surface area contributed by atoms with Crippen LogP contribution in [0.4, 0.5) is 4.39 Å². The summed E-state index contributed by atoms with van der Waals surface area (Å²) in [6.45, 7) is 6.53. The summed E-state index contributed by atoms with van der Waals surface area (Å²) in [5.41, 5.74) is 1.92. The molecule has 1 amide bonds. The number of carbonyl (C=O) groups is 1. The number of aromatic nitrogens is 1. The van der Waals surface area contributed by atoms with Crippen LogP contribution < -0.4 is 0 Å². The van der Waals surface area contributed by atoms with Crippen molar-refractivity contribution in [1.29, 1.82) is 0 Å². The van der Waals surface area contributed by atoms with Gasteiger partial charge >= 0.3 is 0 Å². The molecule has 1 heterocycles. The van der Waals surface area contributed by atoms with Gasteiger partial charge in [0.15, 0.2) is 0 Å². The molecule has 0 fully saturated rings. The van der Waals surface area contributed by atoms with E-state index in [1.807, 2.05) is 31.1 Å². The fraction of sp³-hybridized carbons (Fsp3) is 0.412. The van der Waals surface area contributed by atoms with E-state index in [9.17, 15) is 9.18 Å². The minimum atomic E-state index is -0.260. The fourth-order valence-electron chi connectivity index (χ4n) is 2.49. The highest BCUT2D eigenvalue weighted by atomic mass is 32.1. The Bertz CT molecular complexity index is 624. The Morgan fingerprint density at radius 3 is 2.59 bits per heavy atom. The molecule has 0 aliphatic heterocycles. The predicted octanol–water partition coefficient (Wildman–Crippen LogP) is 4.13. The lowest BCUT2D eigenvalue weighted by atomic mass is 10.1. The van der Waals surface area contributed by atoms with Gasteiger partial charge in [-0.05, 0) is 44.9 Å². The molecule has 3 nitrogen and oxygen atoms in total. The second-order valence-corrected chi connectivity index (χ2v) is 6.33. The zero-order valence-electron chi connectivity index (χ0n) is 13.2. The predicted molar refractivity (Wildman–Crippen MR) is 87.4 cm³/mol. The van der Waals surface area contributed by atoms with Crippen molar-refractivity contribution in [1.82, 2.24) is 9.88 Å². The second kappa shape index (κ2) is 7.49. The van der Waals surface area contributed by atoms with Gasteiger partial charge in [0.2, 0.25) is 5.91 Å². The lowest BCUT2D eigenvalue weighted by Gasteiger charge is -2.28. The van der Waals surface area contributed by atoms with Gasteiger partial charge in [0.1, 0.15) is 5.82 Å². The van der Waals surface area contributed by atoms with Crippen LogP contribution in [-0.2, 0) is 11.2 Å². The molecule has 0 bridgehead atoms. The van der Waals surface area contributed by atoms with Gasteiger partial charge in [-0.25, -0.2) is 9.37 Å². The smallest absolute Gasteiger partial charge is 0.223 e. The van der Waals surface area contributed by atoms with Gasteiger partial charge < -0.3 is 4.90 Å². The number of aryl methyl sites for hydroxylation is 2.